The summed E-state index contributed by atoms with van der Waals surface area (Å²) in [5, 5.41) is 0.894. The molecule has 3 aromatic heterocycles. The van der Waals surface area contributed by atoms with Crippen molar-refractivity contribution in [3.8, 4) is 0 Å². The minimum atomic E-state index is -0.427. The highest BCUT2D eigenvalue weighted by molar-refractivity contribution is 7.99. The third-order valence-corrected chi connectivity index (χ3v) is 5.65. The van der Waals surface area contributed by atoms with Gasteiger partial charge in [-0.1, -0.05) is 11.8 Å². The van der Waals surface area contributed by atoms with Gasteiger partial charge in [-0.25, -0.2) is 19.7 Å². The van der Waals surface area contributed by atoms with E-state index in [9.17, 15) is 9.59 Å². The van der Waals surface area contributed by atoms with Gasteiger partial charge in [0.25, 0.3) is 5.56 Å². The van der Waals surface area contributed by atoms with E-state index in [4.69, 9.17) is 4.74 Å². The monoisotopic (exact) mass is 376 g/mol. The molecule has 9 heteroatoms. The van der Waals surface area contributed by atoms with E-state index in [2.05, 4.69) is 19.9 Å². The Bertz CT molecular complexity index is 969. The van der Waals surface area contributed by atoms with Crippen molar-refractivity contribution in [1.82, 2.24) is 19.9 Å². The maximum Gasteiger partial charge on any atom is 0.348 e. The highest BCUT2D eigenvalue weighted by Gasteiger charge is 2.21. The Morgan fingerprint density at radius 1 is 1.40 bits per heavy atom. The van der Waals surface area contributed by atoms with Crippen molar-refractivity contribution in [3.05, 3.63) is 45.1 Å². The van der Waals surface area contributed by atoms with Gasteiger partial charge in [0.2, 0.25) is 0 Å². The number of aryl methyl sites for hydroxylation is 1. The van der Waals surface area contributed by atoms with Crippen LogP contribution in [-0.2, 0) is 4.74 Å². The van der Waals surface area contributed by atoms with Crippen molar-refractivity contribution in [2.45, 2.75) is 31.2 Å². The van der Waals surface area contributed by atoms with Crippen molar-refractivity contribution in [1.29, 1.82) is 0 Å². The molecule has 3 rings (SSSR count). The SMILES string of the molecule is CCOC(=O)c1sc2nc([C@H](C)Sc3ncccn3)[nH]c(=O)c2c1C. The van der Waals surface area contributed by atoms with Crippen LogP contribution in [-0.4, -0.2) is 32.5 Å². The number of carbonyl (C=O) groups excluding carboxylic acids is 1. The summed E-state index contributed by atoms with van der Waals surface area (Å²) in [5.41, 5.74) is 0.344. The summed E-state index contributed by atoms with van der Waals surface area (Å²) in [6, 6.07) is 1.74. The van der Waals surface area contributed by atoms with E-state index >= 15 is 0 Å². The number of ether oxygens (including phenoxy) is 1. The molecule has 7 nitrogen and oxygen atoms in total. The molecule has 130 valence electrons. The molecular weight excluding hydrogens is 360 g/mol. The Morgan fingerprint density at radius 2 is 2.12 bits per heavy atom. The van der Waals surface area contributed by atoms with Crippen molar-refractivity contribution in [3.63, 3.8) is 0 Å². The summed E-state index contributed by atoms with van der Waals surface area (Å²) >= 11 is 2.58. The Kier molecular flexibility index (Phi) is 5.14. The first-order valence-electron chi connectivity index (χ1n) is 7.65. The average molecular weight is 376 g/mol. The number of nitrogens with one attached hydrogen (secondary N) is 1. The highest BCUT2D eigenvalue weighted by atomic mass is 32.2. The molecule has 3 heterocycles. The molecule has 3 aromatic rings. The van der Waals surface area contributed by atoms with Crippen molar-refractivity contribution < 1.29 is 9.53 Å². The molecule has 25 heavy (non-hydrogen) atoms. The molecule has 0 aliphatic heterocycles. The minimum absolute atomic E-state index is 0.145. The zero-order valence-corrected chi connectivity index (χ0v) is 15.5. The van der Waals surface area contributed by atoms with E-state index in [-0.39, 0.29) is 17.4 Å². The van der Waals surface area contributed by atoms with Gasteiger partial charge in [0.1, 0.15) is 15.5 Å². The van der Waals surface area contributed by atoms with Crippen LogP contribution in [0.25, 0.3) is 10.2 Å². The number of hydrogen-bond acceptors (Lipinski definition) is 8. The lowest BCUT2D eigenvalue weighted by molar-refractivity contribution is 0.0531. The molecule has 0 aliphatic rings. The largest absolute Gasteiger partial charge is 0.462 e. The number of aromatic nitrogens is 4. The molecule has 1 atom stereocenters. The average Bonchev–Trinajstić information content (AvgIpc) is 2.93. The summed E-state index contributed by atoms with van der Waals surface area (Å²) in [4.78, 5) is 41.1. The van der Waals surface area contributed by atoms with E-state index in [1.165, 1.54) is 23.1 Å². The van der Waals surface area contributed by atoms with Gasteiger partial charge in [0.05, 0.1) is 17.2 Å². The smallest absolute Gasteiger partial charge is 0.348 e. The maximum absolute atomic E-state index is 12.5. The number of fused-ring (bicyclic) bond motifs is 1. The number of thiophene rings is 1. The van der Waals surface area contributed by atoms with Crippen LogP contribution in [0.15, 0.2) is 28.4 Å². The number of carbonyl (C=O) groups is 1. The first-order valence-corrected chi connectivity index (χ1v) is 9.35. The highest BCUT2D eigenvalue weighted by Crippen LogP contribution is 2.33. The second-order valence-electron chi connectivity index (χ2n) is 5.20. The van der Waals surface area contributed by atoms with Crippen LogP contribution >= 0.6 is 23.1 Å². The second-order valence-corrected chi connectivity index (χ2v) is 7.51. The van der Waals surface area contributed by atoms with E-state index in [1.807, 2.05) is 6.92 Å². The third kappa shape index (κ3) is 3.57. The van der Waals surface area contributed by atoms with Gasteiger partial charge in [-0.15, -0.1) is 11.3 Å². The molecule has 0 saturated heterocycles. The third-order valence-electron chi connectivity index (χ3n) is 3.49. The van der Waals surface area contributed by atoms with Gasteiger partial charge in [0.15, 0.2) is 5.16 Å². The molecule has 0 amide bonds. The molecule has 0 fully saturated rings. The predicted octanol–water partition coefficient (Wildman–Crippen LogP) is 3.11. The van der Waals surface area contributed by atoms with Crippen LogP contribution < -0.4 is 5.56 Å². The van der Waals surface area contributed by atoms with Crippen molar-refractivity contribution in [2.75, 3.05) is 6.61 Å². The van der Waals surface area contributed by atoms with E-state index < -0.39 is 5.97 Å². The topological polar surface area (TPSA) is 97.8 Å². The zero-order valence-electron chi connectivity index (χ0n) is 13.9. The fourth-order valence-electron chi connectivity index (χ4n) is 2.30. The molecule has 0 spiro atoms. The number of aromatic amines is 1. The van der Waals surface area contributed by atoms with Crippen LogP contribution in [0, 0.1) is 6.92 Å². The fraction of sp³-hybridized carbons (Fsp3) is 0.312. The molecule has 0 aromatic carbocycles. The zero-order chi connectivity index (χ0) is 18.0. The quantitative estimate of drug-likeness (QED) is 0.415. The molecule has 0 unspecified atom stereocenters. The number of rotatable bonds is 5. The number of hydrogen-bond donors (Lipinski definition) is 1. The number of H-pyrrole nitrogens is 1. The van der Waals surface area contributed by atoms with Crippen LogP contribution in [0.2, 0.25) is 0 Å². The van der Waals surface area contributed by atoms with Crippen molar-refractivity contribution >= 4 is 39.3 Å². The van der Waals surface area contributed by atoms with E-state index in [0.29, 0.717) is 31.6 Å². The van der Waals surface area contributed by atoms with Gasteiger partial charge < -0.3 is 9.72 Å². The standard InChI is InChI=1S/C16H16N4O3S2/c1-4-23-15(22)11-8(2)10-13(21)19-12(20-14(10)25-11)9(3)24-16-17-6-5-7-18-16/h5-7,9H,4H2,1-3H3,(H,19,20,21)/t9-/m0/s1. The second kappa shape index (κ2) is 7.32. The van der Waals surface area contributed by atoms with Crippen LogP contribution in [0.3, 0.4) is 0 Å². The Hall–Kier alpha value is -2.26. The van der Waals surface area contributed by atoms with Crippen LogP contribution in [0.1, 0.15) is 40.2 Å². The summed E-state index contributed by atoms with van der Waals surface area (Å²) < 4.78 is 5.05. The van der Waals surface area contributed by atoms with Crippen molar-refractivity contribution in [2.24, 2.45) is 0 Å². The summed E-state index contributed by atoms with van der Waals surface area (Å²) in [7, 11) is 0. The van der Waals surface area contributed by atoms with Gasteiger partial charge >= 0.3 is 5.97 Å². The summed E-state index contributed by atoms with van der Waals surface area (Å²) in [5.74, 6) is 0.0932. The minimum Gasteiger partial charge on any atom is -0.462 e. The lowest BCUT2D eigenvalue weighted by Gasteiger charge is -2.08. The predicted molar refractivity (Wildman–Crippen MR) is 97.2 cm³/mol. The molecule has 0 radical (unpaired) electrons. The first kappa shape index (κ1) is 17.6. The Morgan fingerprint density at radius 3 is 2.80 bits per heavy atom. The summed E-state index contributed by atoms with van der Waals surface area (Å²) in [6.07, 6.45) is 3.32. The molecule has 0 bridgehead atoms. The number of esters is 1. The van der Waals surface area contributed by atoms with Crippen LogP contribution in [0.4, 0.5) is 0 Å². The molecule has 0 aliphatic carbocycles. The lowest BCUT2D eigenvalue weighted by atomic mass is 10.2. The Labute approximate surface area is 151 Å². The molecular formula is C16H16N4O3S2. The van der Waals surface area contributed by atoms with E-state index in [1.54, 1.807) is 32.3 Å². The van der Waals surface area contributed by atoms with Gasteiger partial charge in [-0.2, -0.15) is 0 Å². The summed E-state index contributed by atoms with van der Waals surface area (Å²) in [6.45, 7) is 5.68. The molecule has 0 saturated carbocycles. The number of nitrogens with zero attached hydrogens (tertiary/aromatic N) is 3. The van der Waals surface area contributed by atoms with Gasteiger partial charge in [0, 0.05) is 12.4 Å². The number of thioether (sulfide) groups is 1. The molecule has 1 N–H and O–H groups in total. The van der Waals surface area contributed by atoms with Gasteiger partial charge in [-0.05, 0) is 32.4 Å². The lowest BCUT2D eigenvalue weighted by Crippen LogP contribution is -2.13. The maximum atomic E-state index is 12.5. The fourth-order valence-corrected chi connectivity index (χ4v) is 4.17. The van der Waals surface area contributed by atoms with Crippen LogP contribution in [0.5, 0.6) is 0 Å². The van der Waals surface area contributed by atoms with E-state index in [0.717, 1.165) is 0 Å². The Balaban J connectivity index is 1.98. The first-order chi connectivity index (χ1) is 12.0. The van der Waals surface area contributed by atoms with Gasteiger partial charge in [-0.3, -0.25) is 4.79 Å². The normalized spacial score (nSPS) is 12.3.